The number of anilines is 1. The number of aliphatic hydroxyl groups is 2. The predicted octanol–water partition coefficient (Wildman–Crippen LogP) is 2.30. The van der Waals surface area contributed by atoms with Crippen LogP contribution >= 0.6 is 0 Å². The summed E-state index contributed by atoms with van der Waals surface area (Å²) in [5.41, 5.74) is 3.62. The van der Waals surface area contributed by atoms with Crippen molar-refractivity contribution in [2.45, 2.75) is 39.2 Å². The minimum Gasteiger partial charge on any atom is -0.396 e. The average molecular weight is 251 g/mol. The second kappa shape index (κ2) is 6.76. The van der Waals surface area contributed by atoms with Gasteiger partial charge >= 0.3 is 0 Å². The summed E-state index contributed by atoms with van der Waals surface area (Å²) in [5.74, 6) is 0.489. The van der Waals surface area contributed by atoms with Crippen molar-refractivity contribution in [3.63, 3.8) is 0 Å². The Balaban J connectivity index is 3.02. The van der Waals surface area contributed by atoms with E-state index in [4.69, 9.17) is 5.11 Å². The van der Waals surface area contributed by atoms with E-state index in [9.17, 15) is 5.11 Å². The number of hydrogen-bond donors (Lipinski definition) is 2. The molecule has 0 aromatic heterocycles. The average Bonchev–Trinajstić information content (AvgIpc) is 2.35. The quantitative estimate of drug-likeness (QED) is 0.815. The lowest BCUT2D eigenvalue weighted by Crippen LogP contribution is -2.36. The molecule has 3 nitrogen and oxygen atoms in total. The van der Waals surface area contributed by atoms with E-state index in [0.717, 1.165) is 5.69 Å². The van der Waals surface area contributed by atoms with Crippen LogP contribution in [0.15, 0.2) is 18.2 Å². The molecular formula is C15H25NO2. The first kappa shape index (κ1) is 15.0. The summed E-state index contributed by atoms with van der Waals surface area (Å²) in [6.45, 7) is 6.57. The van der Waals surface area contributed by atoms with Crippen LogP contribution in [0.4, 0.5) is 5.69 Å². The van der Waals surface area contributed by atoms with Crippen LogP contribution < -0.4 is 4.90 Å². The molecule has 0 bridgehead atoms. The third kappa shape index (κ3) is 3.47. The lowest BCUT2D eigenvalue weighted by atomic mass is 9.99. The van der Waals surface area contributed by atoms with Crippen LogP contribution in [0.2, 0.25) is 0 Å². The van der Waals surface area contributed by atoms with Gasteiger partial charge in [0, 0.05) is 19.3 Å². The van der Waals surface area contributed by atoms with E-state index in [-0.39, 0.29) is 19.3 Å². The van der Waals surface area contributed by atoms with Gasteiger partial charge in [-0.25, -0.2) is 0 Å². The van der Waals surface area contributed by atoms with Crippen molar-refractivity contribution in [1.29, 1.82) is 0 Å². The standard InChI is InChI=1S/C15H25NO2/c1-11(2)13-6-5-12(3)15(9-13)16(4)14(10-18)7-8-17/h5-6,9,11,14,17-18H,7-8,10H2,1-4H3. The Morgan fingerprint density at radius 1 is 1.22 bits per heavy atom. The SMILES string of the molecule is Cc1ccc(C(C)C)cc1N(C)C(CO)CCO. The molecule has 3 heteroatoms. The van der Waals surface area contributed by atoms with Gasteiger partial charge in [0.05, 0.1) is 12.6 Å². The Morgan fingerprint density at radius 3 is 2.39 bits per heavy atom. The van der Waals surface area contributed by atoms with Crippen LogP contribution in [-0.2, 0) is 0 Å². The summed E-state index contributed by atoms with van der Waals surface area (Å²) in [7, 11) is 1.98. The Bertz CT molecular complexity index is 377. The molecule has 0 amide bonds. The number of benzene rings is 1. The molecule has 18 heavy (non-hydrogen) atoms. The smallest absolute Gasteiger partial charge is 0.0635 e. The molecule has 0 fully saturated rings. The van der Waals surface area contributed by atoms with Crippen LogP contribution in [0.3, 0.4) is 0 Å². The highest BCUT2D eigenvalue weighted by Gasteiger charge is 2.16. The zero-order valence-electron chi connectivity index (χ0n) is 11.8. The highest BCUT2D eigenvalue weighted by atomic mass is 16.3. The summed E-state index contributed by atoms with van der Waals surface area (Å²) in [4.78, 5) is 2.07. The van der Waals surface area contributed by atoms with Crippen LogP contribution in [0, 0.1) is 6.92 Å². The van der Waals surface area contributed by atoms with Crippen molar-refractivity contribution in [1.82, 2.24) is 0 Å². The van der Waals surface area contributed by atoms with Gasteiger partial charge in [0.2, 0.25) is 0 Å². The summed E-state index contributed by atoms with van der Waals surface area (Å²) < 4.78 is 0. The molecule has 1 atom stereocenters. The first-order valence-electron chi connectivity index (χ1n) is 6.56. The number of rotatable bonds is 6. The van der Waals surface area contributed by atoms with Gasteiger partial charge in [-0.2, -0.15) is 0 Å². The molecule has 1 aromatic rings. The van der Waals surface area contributed by atoms with Gasteiger partial charge in [-0.3, -0.25) is 0 Å². The van der Waals surface area contributed by atoms with Gasteiger partial charge in [-0.1, -0.05) is 26.0 Å². The topological polar surface area (TPSA) is 43.7 Å². The maximum atomic E-state index is 9.41. The van der Waals surface area contributed by atoms with Crippen molar-refractivity contribution in [3.8, 4) is 0 Å². The van der Waals surface area contributed by atoms with Gasteiger partial charge in [0.25, 0.3) is 0 Å². The summed E-state index contributed by atoms with van der Waals surface area (Å²) in [6.07, 6.45) is 0.582. The highest BCUT2D eigenvalue weighted by molar-refractivity contribution is 5.55. The second-order valence-corrected chi connectivity index (χ2v) is 5.16. The largest absolute Gasteiger partial charge is 0.396 e. The minimum absolute atomic E-state index is 0.0314. The molecule has 0 saturated carbocycles. The summed E-state index contributed by atoms with van der Waals surface area (Å²) in [6, 6.07) is 6.42. The lowest BCUT2D eigenvalue weighted by Gasteiger charge is -2.30. The lowest BCUT2D eigenvalue weighted by molar-refractivity contribution is 0.218. The van der Waals surface area contributed by atoms with E-state index in [2.05, 4.69) is 43.9 Å². The van der Waals surface area contributed by atoms with Crippen LogP contribution in [0.25, 0.3) is 0 Å². The fraction of sp³-hybridized carbons (Fsp3) is 0.600. The van der Waals surface area contributed by atoms with E-state index in [1.807, 2.05) is 7.05 Å². The molecule has 102 valence electrons. The van der Waals surface area contributed by atoms with Crippen LogP contribution in [0.5, 0.6) is 0 Å². The van der Waals surface area contributed by atoms with Crippen molar-refractivity contribution >= 4 is 5.69 Å². The van der Waals surface area contributed by atoms with Gasteiger partial charge < -0.3 is 15.1 Å². The fourth-order valence-electron chi connectivity index (χ4n) is 2.12. The Hall–Kier alpha value is -1.06. The Labute approximate surface area is 110 Å². The number of nitrogens with zero attached hydrogens (tertiary/aromatic N) is 1. The molecule has 1 aromatic carbocycles. The molecule has 0 saturated heterocycles. The zero-order chi connectivity index (χ0) is 13.7. The second-order valence-electron chi connectivity index (χ2n) is 5.16. The monoisotopic (exact) mass is 251 g/mol. The van der Waals surface area contributed by atoms with Gasteiger partial charge in [0.15, 0.2) is 0 Å². The third-order valence-corrected chi connectivity index (χ3v) is 3.50. The molecule has 1 unspecified atom stereocenters. The van der Waals surface area contributed by atoms with Gasteiger partial charge in [-0.05, 0) is 36.5 Å². The van der Waals surface area contributed by atoms with Crippen molar-refractivity contribution < 1.29 is 10.2 Å². The molecule has 0 aliphatic rings. The first-order chi connectivity index (χ1) is 8.51. The van der Waals surface area contributed by atoms with Gasteiger partial charge in [-0.15, -0.1) is 0 Å². The van der Waals surface area contributed by atoms with Crippen LogP contribution in [0.1, 0.15) is 37.3 Å². The molecule has 0 spiro atoms. The Morgan fingerprint density at radius 2 is 1.89 bits per heavy atom. The zero-order valence-corrected chi connectivity index (χ0v) is 11.8. The summed E-state index contributed by atoms with van der Waals surface area (Å²) in [5, 5.41) is 18.4. The van der Waals surface area contributed by atoms with Crippen molar-refractivity contribution in [2.75, 3.05) is 25.2 Å². The number of aliphatic hydroxyl groups excluding tert-OH is 2. The fourth-order valence-corrected chi connectivity index (χ4v) is 2.12. The molecule has 0 heterocycles. The minimum atomic E-state index is -0.0314. The van der Waals surface area contributed by atoms with E-state index in [0.29, 0.717) is 12.3 Å². The number of aryl methyl sites for hydroxylation is 1. The Kier molecular flexibility index (Phi) is 5.63. The molecule has 0 aliphatic carbocycles. The van der Waals surface area contributed by atoms with Crippen molar-refractivity contribution in [2.24, 2.45) is 0 Å². The molecule has 2 N–H and O–H groups in total. The maximum Gasteiger partial charge on any atom is 0.0635 e. The molecular weight excluding hydrogens is 226 g/mol. The van der Waals surface area contributed by atoms with E-state index >= 15 is 0 Å². The van der Waals surface area contributed by atoms with Gasteiger partial charge in [0.1, 0.15) is 0 Å². The van der Waals surface area contributed by atoms with Crippen molar-refractivity contribution in [3.05, 3.63) is 29.3 Å². The molecule has 1 rings (SSSR count). The highest BCUT2D eigenvalue weighted by Crippen LogP contribution is 2.26. The predicted molar refractivity (Wildman–Crippen MR) is 76.2 cm³/mol. The molecule has 0 radical (unpaired) electrons. The van der Waals surface area contributed by atoms with E-state index < -0.39 is 0 Å². The first-order valence-corrected chi connectivity index (χ1v) is 6.56. The normalized spacial score (nSPS) is 12.8. The van der Waals surface area contributed by atoms with E-state index in [1.165, 1.54) is 11.1 Å². The van der Waals surface area contributed by atoms with Crippen LogP contribution in [-0.4, -0.2) is 36.5 Å². The van der Waals surface area contributed by atoms with E-state index in [1.54, 1.807) is 0 Å². The third-order valence-electron chi connectivity index (χ3n) is 3.50. The summed E-state index contributed by atoms with van der Waals surface area (Å²) >= 11 is 0. The number of likely N-dealkylation sites (N-methyl/N-ethyl adjacent to an activating group) is 1. The molecule has 0 aliphatic heterocycles. The maximum absolute atomic E-state index is 9.41. The number of hydrogen-bond acceptors (Lipinski definition) is 3.